The van der Waals surface area contributed by atoms with E-state index in [-0.39, 0.29) is 24.0 Å². The molecular formula is C19H36N4O4S. The van der Waals surface area contributed by atoms with E-state index in [2.05, 4.69) is 16.0 Å². The summed E-state index contributed by atoms with van der Waals surface area (Å²) in [6, 6.07) is -0.496. The first-order valence-corrected chi connectivity index (χ1v) is 11.5. The molecule has 0 aromatic rings. The van der Waals surface area contributed by atoms with Crippen molar-refractivity contribution in [3.05, 3.63) is 0 Å². The molecule has 0 aliphatic carbocycles. The number of thioether (sulfide) groups is 1. The van der Waals surface area contributed by atoms with Gasteiger partial charge in [0.05, 0.1) is 12.1 Å². The minimum Gasteiger partial charge on any atom is -0.480 e. The molecular weight excluding hydrogens is 380 g/mol. The number of aliphatic carboxylic acids is 1. The van der Waals surface area contributed by atoms with Crippen LogP contribution in [0.3, 0.4) is 0 Å². The number of carboxylic acids is 1. The van der Waals surface area contributed by atoms with Gasteiger partial charge in [-0.1, -0.05) is 33.1 Å². The quantitative estimate of drug-likeness (QED) is 0.243. The SMILES string of the molecule is CC.NCCCCCC(NC(=O)CCCCC1SCC2NC(=O)NC21)C(=O)O. The maximum absolute atomic E-state index is 12.0. The van der Waals surface area contributed by atoms with Crippen molar-refractivity contribution in [2.75, 3.05) is 12.3 Å². The fraction of sp³-hybridized carbons (Fsp3) is 0.842. The van der Waals surface area contributed by atoms with E-state index in [1.807, 2.05) is 25.6 Å². The van der Waals surface area contributed by atoms with E-state index in [0.29, 0.717) is 24.6 Å². The average Bonchev–Trinajstić information content (AvgIpc) is 3.22. The predicted octanol–water partition coefficient (Wildman–Crippen LogP) is 1.83. The Morgan fingerprint density at radius 1 is 1.21 bits per heavy atom. The third-order valence-electron chi connectivity index (χ3n) is 4.91. The molecule has 0 aromatic carbocycles. The Morgan fingerprint density at radius 3 is 2.64 bits per heavy atom. The van der Waals surface area contributed by atoms with Crippen molar-refractivity contribution in [1.29, 1.82) is 0 Å². The number of carboxylic acid groups (broad SMARTS) is 1. The zero-order chi connectivity index (χ0) is 20.9. The van der Waals surface area contributed by atoms with Crippen molar-refractivity contribution in [1.82, 2.24) is 16.0 Å². The highest BCUT2D eigenvalue weighted by Crippen LogP contribution is 2.33. The number of amides is 3. The number of carbonyl (C=O) groups is 3. The van der Waals surface area contributed by atoms with Crippen LogP contribution in [0.2, 0.25) is 0 Å². The van der Waals surface area contributed by atoms with Gasteiger partial charge in [-0.3, -0.25) is 4.79 Å². The summed E-state index contributed by atoms with van der Waals surface area (Å²) in [5.74, 6) is -0.257. The molecule has 4 unspecified atom stereocenters. The van der Waals surface area contributed by atoms with Crippen LogP contribution in [0.1, 0.15) is 65.2 Å². The molecule has 2 heterocycles. The first kappa shape index (κ1) is 24.6. The van der Waals surface area contributed by atoms with Gasteiger partial charge in [0.2, 0.25) is 5.91 Å². The van der Waals surface area contributed by atoms with Crippen LogP contribution in [0.25, 0.3) is 0 Å². The van der Waals surface area contributed by atoms with Crippen molar-refractivity contribution in [2.45, 2.75) is 88.6 Å². The number of nitrogens with two attached hydrogens (primary N) is 1. The second kappa shape index (κ2) is 13.7. The second-order valence-corrected chi connectivity index (χ2v) is 8.24. The van der Waals surface area contributed by atoms with Crippen LogP contribution in [-0.4, -0.2) is 58.7 Å². The third kappa shape index (κ3) is 8.26. The molecule has 8 nitrogen and oxygen atoms in total. The molecule has 0 saturated carbocycles. The van der Waals surface area contributed by atoms with Gasteiger partial charge in [0.15, 0.2) is 0 Å². The molecule has 2 rings (SSSR count). The summed E-state index contributed by atoms with van der Waals surface area (Å²) < 4.78 is 0. The number of fused-ring (bicyclic) bond motifs is 1. The molecule has 2 fully saturated rings. The number of carbonyl (C=O) groups excluding carboxylic acids is 2. The number of unbranched alkanes of at least 4 members (excludes halogenated alkanes) is 3. The van der Waals surface area contributed by atoms with Gasteiger partial charge in [0.1, 0.15) is 6.04 Å². The lowest BCUT2D eigenvalue weighted by Crippen LogP contribution is -2.40. The molecule has 162 valence electrons. The molecule has 2 aliphatic heterocycles. The van der Waals surface area contributed by atoms with Crippen molar-refractivity contribution in [3.8, 4) is 0 Å². The van der Waals surface area contributed by atoms with Gasteiger partial charge >= 0.3 is 12.0 Å². The Labute approximate surface area is 172 Å². The van der Waals surface area contributed by atoms with E-state index in [4.69, 9.17) is 5.73 Å². The smallest absolute Gasteiger partial charge is 0.326 e. The van der Waals surface area contributed by atoms with E-state index >= 15 is 0 Å². The Bertz CT molecular complexity index is 506. The van der Waals surface area contributed by atoms with E-state index in [9.17, 15) is 19.5 Å². The number of rotatable bonds is 12. The fourth-order valence-corrected chi connectivity index (χ4v) is 5.01. The third-order valence-corrected chi connectivity index (χ3v) is 6.42. The lowest BCUT2D eigenvalue weighted by Gasteiger charge is -2.17. The molecule has 0 bridgehead atoms. The minimum absolute atomic E-state index is 0.0872. The van der Waals surface area contributed by atoms with E-state index in [1.165, 1.54) is 0 Å². The first-order chi connectivity index (χ1) is 13.5. The summed E-state index contributed by atoms with van der Waals surface area (Å²) in [4.78, 5) is 34.6. The Balaban J connectivity index is 0.00000190. The van der Waals surface area contributed by atoms with Crippen molar-refractivity contribution < 1.29 is 19.5 Å². The summed E-state index contributed by atoms with van der Waals surface area (Å²) >= 11 is 1.86. The molecule has 4 atom stereocenters. The lowest BCUT2D eigenvalue weighted by atomic mass is 10.0. The molecule has 0 aromatic heterocycles. The van der Waals surface area contributed by atoms with Crippen LogP contribution >= 0.6 is 11.8 Å². The summed E-state index contributed by atoms with van der Waals surface area (Å²) in [5, 5.41) is 18.1. The van der Waals surface area contributed by atoms with Crippen LogP contribution in [0.4, 0.5) is 4.79 Å². The van der Waals surface area contributed by atoms with Crippen LogP contribution < -0.4 is 21.7 Å². The summed E-state index contributed by atoms with van der Waals surface area (Å²) in [6.45, 7) is 4.60. The topological polar surface area (TPSA) is 134 Å². The summed E-state index contributed by atoms with van der Waals surface area (Å²) in [7, 11) is 0. The highest BCUT2D eigenvalue weighted by Gasteiger charge is 2.42. The highest BCUT2D eigenvalue weighted by molar-refractivity contribution is 8.00. The largest absolute Gasteiger partial charge is 0.480 e. The van der Waals surface area contributed by atoms with Crippen molar-refractivity contribution >= 4 is 29.7 Å². The fourth-order valence-electron chi connectivity index (χ4n) is 3.47. The summed E-state index contributed by atoms with van der Waals surface area (Å²) in [6.07, 6.45) is 5.83. The number of urea groups is 1. The minimum atomic E-state index is -0.982. The Morgan fingerprint density at radius 2 is 1.96 bits per heavy atom. The number of hydrogen-bond acceptors (Lipinski definition) is 5. The van der Waals surface area contributed by atoms with E-state index in [0.717, 1.165) is 44.3 Å². The van der Waals surface area contributed by atoms with Gasteiger partial charge in [0.25, 0.3) is 0 Å². The van der Waals surface area contributed by atoms with Gasteiger partial charge in [0, 0.05) is 17.4 Å². The van der Waals surface area contributed by atoms with Gasteiger partial charge in [-0.15, -0.1) is 0 Å². The average molecular weight is 417 g/mol. The van der Waals surface area contributed by atoms with Crippen LogP contribution in [-0.2, 0) is 9.59 Å². The van der Waals surface area contributed by atoms with Gasteiger partial charge in [-0.05, 0) is 32.2 Å². The predicted molar refractivity (Wildman–Crippen MR) is 112 cm³/mol. The lowest BCUT2D eigenvalue weighted by molar-refractivity contribution is -0.142. The second-order valence-electron chi connectivity index (χ2n) is 6.96. The van der Waals surface area contributed by atoms with Gasteiger partial charge in [-0.2, -0.15) is 11.8 Å². The molecule has 2 aliphatic rings. The zero-order valence-corrected chi connectivity index (χ0v) is 17.9. The number of nitrogens with one attached hydrogen (secondary N) is 3. The van der Waals surface area contributed by atoms with Gasteiger partial charge < -0.3 is 26.8 Å². The number of hydrogen-bond donors (Lipinski definition) is 5. The molecule has 28 heavy (non-hydrogen) atoms. The van der Waals surface area contributed by atoms with Crippen LogP contribution in [0, 0.1) is 0 Å². The molecule has 0 radical (unpaired) electrons. The van der Waals surface area contributed by atoms with E-state index in [1.54, 1.807) is 0 Å². The van der Waals surface area contributed by atoms with Gasteiger partial charge in [-0.25, -0.2) is 9.59 Å². The molecule has 9 heteroatoms. The monoisotopic (exact) mass is 416 g/mol. The normalized spacial score (nSPS) is 23.7. The molecule has 3 amide bonds. The van der Waals surface area contributed by atoms with E-state index < -0.39 is 12.0 Å². The molecule has 0 spiro atoms. The first-order valence-electron chi connectivity index (χ1n) is 10.4. The van der Waals surface area contributed by atoms with Crippen LogP contribution in [0.5, 0.6) is 0 Å². The van der Waals surface area contributed by atoms with Crippen molar-refractivity contribution in [2.24, 2.45) is 5.73 Å². The zero-order valence-electron chi connectivity index (χ0n) is 17.0. The van der Waals surface area contributed by atoms with Crippen molar-refractivity contribution in [3.63, 3.8) is 0 Å². The maximum atomic E-state index is 12.0. The Kier molecular flexibility index (Phi) is 12.0. The molecule has 6 N–H and O–H groups in total. The summed E-state index contributed by atoms with van der Waals surface area (Å²) in [5.41, 5.74) is 5.42. The molecule has 2 saturated heterocycles. The highest BCUT2D eigenvalue weighted by atomic mass is 32.2. The van der Waals surface area contributed by atoms with Crippen LogP contribution in [0.15, 0.2) is 0 Å². The maximum Gasteiger partial charge on any atom is 0.326 e. The standard InChI is InChI=1S/C17H30N4O4S.C2H6/c18-9-5-1-2-6-11(16(23)24)19-14(22)8-4-3-7-13-15-12(10-26-13)20-17(25)21-15;1-2/h11-13,15H,1-10,18H2,(H,19,22)(H,23,24)(H2,20,21,25);1-2H3. The Hall–Kier alpha value is -1.48.